The van der Waals surface area contributed by atoms with E-state index in [9.17, 15) is 9.59 Å². The SMILES string of the molecule is CC1CCCCC1(N)N.NC(=O)CCCCC(N)=O. The number of carbonyl (C=O) groups excluding carboxylic acids is 2. The van der Waals surface area contributed by atoms with Crippen LogP contribution in [-0.4, -0.2) is 17.5 Å². The first-order chi connectivity index (χ1) is 8.75. The molecule has 1 saturated carbocycles. The van der Waals surface area contributed by atoms with E-state index >= 15 is 0 Å². The number of hydrogen-bond acceptors (Lipinski definition) is 4. The summed E-state index contributed by atoms with van der Waals surface area (Å²) in [6.45, 7) is 2.14. The second-order valence-corrected chi connectivity index (χ2v) is 5.40. The first-order valence-corrected chi connectivity index (χ1v) is 6.90. The molecule has 6 nitrogen and oxygen atoms in total. The smallest absolute Gasteiger partial charge is 0.217 e. The minimum Gasteiger partial charge on any atom is -0.370 e. The molecule has 0 saturated heterocycles. The molecule has 6 heteroatoms. The Morgan fingerprint density at radius 3 is 1.79 bits per heavy atom. The summed E-state index contributed by atoms with van der Waals surface area (Å²) < 4.78 is 0. The summed E-state index contributed by atoms with van der Waals surface area (Å²) in [4.78, 5) is 20.3. The third-order valence-corrected chi connectivity index (χ3v) is 3.51. The van der Waals surface area contributed by atoms with Gasteiger partial charge in [-0.1, -0.05) is 19.8 Å². The lowest BCUT2D eigenvalue weighted by molar-refractivity contribution is -0.119. The Balaban J connectivity index is 0.000000342. The molecule has 0 heterocycles. The predicted molar refractivity (Wildman–Crippen MR) is 75.6 cm³/mol. The maximum absolute atomic E-state index is 10.2. The van der Waals surface area contributed by atoms with Crippen molar-refractivity contribution in [1.29, 1.82) is 0 Å². The zero-order valence-electron chi connectivity index (χ0n) is 11.9. The fourth-order valence-corrected chi connectivity index (χ4v) is 2.00. The first-order valence-electron chi connectivity index (χ1n) is 6.90. The maximum Gasteiger partial charge on any atom is 0.217 e. The molecule has 0 aromatic carbocycles. The lowest BCUT2D eigenvalue weighted by atomic mass is 9.81. The molecular weight excluding hydrogens is 244 g/mol. The highest BCUT2D eigenvalue weighted by Crippen LogP contribution is 2.26. The monoisotopic (exact) mass is 272 g/mol. The fourth-order valence-electron chi connectivity index (χ4n) is 2.00. The molecule has 0 aromatic heterocycles. The number of unbranched alkanes of at least 4 members (excludes halogenated alkanes) is 1. The van der Waals surface area contributed by atoms with E-state index < -0.39 is 0 Å². The van der Waals surface area contributed by atoms with Crippen molar-refractivity contribution in [3.8, 4) is 0 Å². The van der Waals surface area contributed by atoms with Crippen LogP contribution in [-0.2, 0) is 9.59 Å². The van der Waals surface area contributed by atoms with E-state index in [1.807, 2.05) is 0 Å². The van der Waals surface area contributed by atoms with Crippen LogP contribution in [0.2, 0.25) is 0 Å². The summed E-state index contributed by atoms with van der Waals surface area (Å²) in [6.07, 6.45) is 6.69. The van der Waals surface area contributed by atoms with Crippen LogP contribution in [0.15, 0.2) is 0 Å². The Labute approximate surface area is 115 Å². The number of hydrogen-bond donors (Lipinski definition) is 4. The molecule has 0 radical (unpaired) electrons. The van der Waals surface area contributed by atoms with Crippen LogP contribution < -0.4 is 22.9 Å². The second-order valence-electron chi connectivity index (χ2n) is 5.40. The fraction of sp³-hybridized carbons (Fsp3) is 0.846. The minimum atomic E-state index is -0.363. The summed E-state index contributed by atoms with van der Waals surface area (Å²) >= 11 is 0. The van der Waals surface area contributed by atoms with Gasteiger partial charge < -0.3 is 22.9 Å². The Morgan fingerprint density at radius 2 is 1.53 bits per heavy atom. The number of amides is 2. The minimum absolute atomic E-state index is 0.329. The Hall–Kier alpha value is -1.14. The molecule has 1 fully saturated rings. The number of primary amides is 2. The van der Waals surface area contributed by atoms with Crippen molar-refractivity contribution < 1.29 is 9.59 Å². The van der Waals surface area contributed by atoms with Crippen LogP contribution in [0.25, 0.3) is 0 Å². The highest BCUT2D eigenvalue weighted by atomic mass is 16.1. The topological polar surface area (TPSA) is 138 Å². The summed E-state index contributed by atoms with van der Waals surface area (Å²) in [5, 5.41) is 0. The van der Waals surface area contributed by atoms with Gasteiger partial charge in [-0.25, -0.2) is 0 Å². The lowest BCUT2D eigenvalue weighted by Gasteiger charge is -2.35. The Kier molecular flexibility index (Phi) is 8.34. The van der Waals surface area contributed by atoms with Gasteiger partial charge in [-0.3, -0.25) is 9.59 Å². The molecule has 1 rings (SSSR count). The van der Waals surface area contributed by atoms with Gasteiger partial charge in [-0.05, 0) is 31.6 Å². The standard InChI is InChI=1S/C7H16N2.C6H12N2O2/c1-6-4-2-3-5-7(6,8)9;7-5(9)3-1-2-4-6(8)10/h6H,2-5,8-9H2,1H3;1-4H2,(H2,7,9)(H2,8,10). The van der Waals surface area contributed by atoms with Crippen LogP contribution >= 0.6 is 0 Å². The zero-order valence-corrected chi connectivity index (χ0v) is 11.9. The van der Waals surface area contributed by atoms with Gasteiger partial charge in [0.15, 0.2) is 0 Å². The van der Waals surface area contributed by atoms with Gasteiger partial charge in [0.2, 0.25) is 11.8 Å². The van der Waals surface area contributed by atoms with Crippen molar-refractivity contribution >= 4 is 11.8 Å². The van der Waals surface area contributed by atoms with Crippen LogP contribution in [0.5, 0.6) is 0 Å². The molecule has 0 bridgehead atoms. The van der Waals surface area contributed by atoms with Crippen LogP contribution in [0.1, 0.15) is 58.3 Å². The van der Waals surface area contributed by atoms with Crippen molar-refractivity contribution in [2.24, 2.45) is 28.9 Å². The van der Waals surface area contributed by atoms with E-state index in [2.05, 4.69) is 6.92 Å². The van der Waals surface area contributed by atoms with Gasteiger partial charge >= 0.3 is 0 Å². The molecule has 1 aliphatic carbocycles. The molecule has 8 N–H and O–H groups in total. The summed E-state index contributed by atoms with van der Waals surface area (Å²) in [5.74, 6) is -0.153. The third-order valence-electron chi connectivity index (χ3n) is 3.51. The van der Waals surface area contributed by atoms with Gasteiger partial charge in [-0.2, -0.15) is 0 Å². The summed E-state index contributed by atoms with van der Waals surface area (Å²) in [5.41, 5.74) is 20.9. The average Bonchev–Trinajstić information content (AvgIpc) is 2.29. The Bertz CT molecular complexity index is 276. The molecule has 0 aromatic rings. The molecule has 1 unspecified atom stereocenters. The van der Waals surface area contributed by atoms with Crippen molar-refractivity contribution in [3.05, 3.63) is 0 Å². The number of carbonyl (C=O) groups is 2. The Morgan fingerprint density at radius 1 is 1.05 bits per heavy atom. The van der Waals surface area contributed by atoms with Crippen LogP contribution in [0.4, 0.5) is 0 Å². The van der Waals surface area contributed by atoms with E-state index in [4.69, 9.17) is 22.9 Å². The van der Waals surface area contributed by atoms with Crippen LogP contribution in [0.3, 0.4) is 0 Å². The average molecular weight is 272 g/mol. The second kappa shape index (κ2) is 8.87. The van der Waals surface area contributed by atoms with E-state index in [-0.39, 0.29) is 17.5 Å². The molecule has 1 aliphatic rings. The molecular formula is C13H28N4O2. The van der Waals surface area contributed by atoms with Crippen LogP contribution in [0, 0.1) is 5.92 Å². The first kappa shape index (κ1) is 17.9. The molecule has 0 spiro atoms. The van der Waals surface area contributed by atoms with Crippen molar-refractivity contribution in [1.82, 2.24) is 0 Å². The summed E-state index contributed by atoms with van der Waals surface area (Å²) in [6, 6.07) is 0. The van der Waals surface area contributed by atoms with E-state index in [0.717, 1.165) is 6.42 Å². The number of rotatable bonds is 5. The van der Waals surface area contributed by atoms with Crippen molar-refractivity contribution in [2.45, 2.75) is 64.0 Å². The zero-order chi connectivity index (χ0) is 14.9. The van der Waals surface area contributed by atoms with Gasteiger partial charge in [0.05, 0.1) is 5.66 Å². The van der Waals surface area contributed by atoms with Crippen molar-refractivity contribution in [2.75, 3.05) is 0 Å². The molecule has 0 aliphatic heterocycles. The lowest BCUT2D eigenvalue weighted by Crippen LogP contribution is -2.56. The van der Waals surface area contributed by atoms with Gasteiger partial charge in [0, 0.05) is 12.8 Å². The van der Waals surface area contributed by atoms with Gasteiger partial charge in [0.1, 0.15) is 0 Å². The van der Waals surface area contributed by atoms with Gasteiger partial charge in [0.25, 0.3) is 0 Å². The van der Waals surface area contributed by atoms with E-state index in [0.29, 0.717) is 31.6 Å². The highest BCUT2D eigenvalue weighted by molar-refractivity contribution is 5.74. The van der Waals surface area contributed by atoms with Crippen molar-refractivity contribution in [3.63, 3.8) is 0 Å². The molecule has 1 atom stereocenters. The number of nitrogens with two attached hydrogens (primary N) is 4. The third kappa shape index (κ3) is 9.44. The normalized spacial score (nSPS) is 21.1. The van der Waals surface area contributed by atoms with E-state index in [1.165, 1.54) is 19.3 Å². The molecule has 2 amide bonds. The molecule has 112 valence electrons. The van der Waals surface area contributed by atoms with Gasteiger partial charge in [-0.15, -0.1) is 0 Å². The highest BCUT2D eigenvalue weighted by Gasteiger charge is 2.29. The summed E-state index contributed by atoms with van der Waals surface area (Å²) in [7, 11) is 0. The largest absolute Gasteiger partial charge is 0.370 e. The van der Waals surface area contributed by atoms with E-state index in [1.54, 1.807) is 0 Å². The molecule has 19 heavy (non-hydrogen) atoms. The quantitative estimate of drug-likeness (QED) is 0.423. The predicted octanol–water partition coefficient (Wildman–Crippen LogP) is 0.328. The maximum atomic E-state index is 10.2.